The zero-order valence-corrected chi connectivity index (χ0v) is 14.2. The van der Waals surface area contributed by atoms with Crippen LogP contribution in [0.1, 0.15) is 30.0 Å². The fourth-order valence-corrected chi connectivity index (χ4v) is 4.19. The molecule has 7 nitrogen and oxygen atoms in total. The van der Waals surface area contributed by atoms with Crippen molar-refractivity contribution < 1.29 is 0 Å². The van der Waals surface area contributed by atoms with Gasteiger partial charge >= 0.3 is 5.69 Å². The van der Waals surface area contributed by atoms with E-state index in [-0.39, 0.29) is 5.69 Å². The fraction of sp³-hybridized carbons (Fsp3) is 0.438. The van der Waals surface area contributed by atoms with Crippen molar-refractivity contribution in [1.82, 2.24) is 29.6 Å². The van der Waals surface area contributed by atoms with E-state index in [4.69, 9.17) is 0 Å². The average molecular weight is 344 g/mol. The molecular weight excluding hydrogens is 324 g/mol. The summed E-state index contributed by atoms with van der Waals surface area (Å²) in [5.74, 6) is 1.51. The van der Waals surface area contributed by atoms with Crippen LogP contribution >= 0.6 is 11.3 Å². The molecule has 1 aliphatic heterocycles. The normalized spacial score (nSPS) is 15.8. The standard InChI is InChI=1S/C16H20N6OS/c23-16-18-14(19-20-16)11-22-9-6-17-15(22)13-5-4-12(24-13)10-21-7-2-1-3-8-21/h4-6,9H,1-3,7-8,10-11H2,(H2,18,19,20,23). The Bertz CT molecular complexity index is 854. The third-order valence-corrected chi connectivity index (χ3v) is 5.36. The molecule has 2 N–H and O–H groups in total. The quantitative estimate of drug-likeness (QED) is 0.742. The molecule has 4 heterocycles. The third-order valence-electron chi connectivity index (χ3n) is 4.30. The molecule has 4 rings (SSSR count). The molecule has 24 heavy (non-hydrogen) atoms. The Kier molecular flexibility index (Phi) is 4.31. The second-order valence-corrected chi connectivity index (χ2v) is 7.27. The Morgan fingerprint density at radius 2 is 2.04 bits per heavy atom. The number of H-pyrrole nitrogens is 2. The molecular formula is C16H20N6OS. The second-order valence-electron chi connectivity index (χ2n) is 6.11. The Balaban J connectivity index is 1.50. The summed E-state index contributed by atoms with van der Waals surface area (Å²) in [6.45, 7) is 3.92. The van der Waals surface area contributed by atoms with Gasteiger partial charge in [-0.3, -0.25) is 9.88 Å². The average Bonchev–Trinajstić information content (AvgIpc) is 3.31. The van der Waals surface area contributed by atoms with Crippen molar-refractivity contribution in [3.63, 3.8) is 0 Å². The molecule has 0 unspecified atom stereocenters. The van der Waals surface area contributed by atoms with Crippen molar-refractivity contribution in [3.8, 4) is 10.7 Å². The third kappa shape index (κ3) is 3.34. The van der Waals surface area contributed by atoms with Crippen LogP contribution in [-0.4, -0.2) is 42.7 Å². The molecule has 0 aromatic carbocycles. The zero-order valence-electron chi connectivity index (χ0n) is 13.4. The molecule has 3 aromatic heterocycles. The van der Waals surface area contributed by atoms with Gasteiger partial charge in [-0.05, 0) is 38.1 Å². The number of nitrogens with zero attached hydrogens (tertiary/aromatic N) is 4. The number of hydrogen-bond donors (Lipinski definition) is 2. The number of aromatic amines is 2. The predicted molar refractivity (Wildman–Crippen MR) is 93.0 cm³/mol. The summed E-state index contributed by atoms with van der Waals surface area (Å²) in [6.07, 6.45) is 7.67. The van der Waals surface area contributed by atoms with Crippen molar-refractivity contribution in [2.24, 2.45) is 0 Å². The molecule has 0 bridgehead atoms. The fourth-order valence-electron chi connectivity index (χ4n) is 3.12. The second kappa shape index (κ2) is 6.74. The van der Waals surface area contributed by atoms with Crippen molar-refractivity contribution >= 4 is 11.3 Å². The summed E-state index contributed by atoms with van der Waals surface area (Å²) < 4.78 is 2.00. The van der Waals surface area contributed by atoms with Gasteiger partial charge in [0.2, 0.25) is 0 Å². The molecule has 0 amide bonds. The summed E-state index contributed by atoms with van der Waals surface area (Å²) >= 11 is 1.79. The maximum atomic E-state index is 11.2. The molecule has 126 valence electrons. The maximum absolute atomic E-state index is 11.2. The number of likely N-dealkylation sites (tertiary alicyclic amines) is 1. The first-order valence-corrected chi connectivity index (χ1v) is 9.06. The van der Waals surface area contributed by atoms with E-state index in [0.29, 0.717) is 12.4 Å². The summed E-state index contributed by atoms with van der Waals surface area (Å²) in [5.41, 5.74) is -0.286. The monoisotopic (exact) mass is 344 g/mol. The van der Waals surface area contributed by atoms with Crippen molar-refractivity contribution in [3.05, 3.63) is 45.7 Å². The van der Waals surface area contributed by atoms with Gasteiger partial charge < -0.3 is 4.57 Å². The van der Waals surface area contributed by atoms with Gasteiger partial charge in [0.1, 0.15) is 5.82 Å². The number of rotatable bonds is 5. The van der Waals surface area contributed by atoms with E-state index in [1.165, 1.54) is 37.2 Å². The highest BCUT2D eigenvalue weighted by molar-refractivity contribution is 7.15. The largest absolute Gasteiger partial charge is 0.340 e. The van der Waals surface area contributed by atoms with Gasteiger partial charge in [0, 0.05) is 23.8 Å². The number of thiophene rings is 1. The van der Waals surface area contributed by atoms with Gasteiger partial charge in [0.25, 0.3) is 0 Å². The number of hydrogen-bond acceptors (Lipinski definition) is 5. The van der Waals surface area contributed by atoms with Gasteiger partial charge in [0.05, 0.1) is 11.4 Å². The van der Waals surface area contributed by atoms with Gasteiger partial charge in [-0.15, -0.1) is 11.3 Å². The highest BCUT2D eigenvalue weighted by Crippen LogP contribution is 2.28. The van der Waals surface area contributed by atoms with Crippen LogP contribution in [0.25, 0.3) is 10.7 Å². The first-order chi connectivity index (χ1) is 11.8. The van der Waals surface area contributed by atoms with E-state index in [0.717, 1.165) is 17.2 Å². The number of imidazole rings is 1. The lowest BCUT2D eigenvalue weighted by Gasteiger charge is -2.25. The molecule has 0 atom stereocenters. The van der Waals surface area contributed by atoms with Gasteiger partial charge in [-0.25, -0.2) is 14.9 Å². The molecule has 1 aliphatic rings. The minimum atomic E-state index is -0.286. The van der Waals surface area contributed by atoms with Crippen LogP contribution in [0.3, 0.4) is 0 Å². The van der Waals surface area contributed by atoms with Crippen LogP contribution in [0.15, 0.2) is 29.3 Å². The molecule has 8 heteroatoms. The van der Waals surface area contributed by atoms with Gasteiger partial charge in [-0.2, -0.15) is 5.10 Å². The number of piperidine rings is 1. The van der Waals surface area contributed by atoms with Crippen LogP contribution in [0.5, 0.6) is 0 Å². The molecule has 0 saturated carbocycles. The highest BCUT2D eigenvalue weighted by atomic mass is 32.1. The van der Waals surface area contributed by atoms with E-state index < -0.39 is 0 Å². The van der Waals surface area contributed by atoms with E-state index in [1.54, 1.807) is 17.5 Å². The first-order valence-electron chi connectivity index (χ1n) is 8.24. The summed E-state index contributed by atoms with van der Waals surface area (Å²) in [7, 11) is 0. The van der Waals surface area contributed by atoms with Crippen molar-refractivity contribution in [1.29, 1.82) is 0 Å². The minimum Gasteiger partial charge on any atom is -0.323 e. The smallest absolute Gasteiger partial charge is 0.323 e. The van der Waals surface area contributed by atoms with E-state index in [1.807, 2.05) is 10.8 Å². The molecule has 0 spiro atoms. The van der Waals surface area contributed by atoms with E-state index >= 15 is 0 Å². The lowest BCUT2D eigenvalue weighted by atomic mass is 10.1. The van der Waals surface area contributed by atoms with Crippen LogP contribution in [0.4, 0.5) is 0 Å². The lowest BCUT2D eigenvalue weighted by Crippen LogP contribution is -2.28. The molecule has 1 fully saturated rings. The minimum absolute atomic E-state index is 0.286. The first kappa shape index (κ1) is 15.3. The lowest BCUT2D eigenvalue weighted by molar-refractivity contribution is 0.222. The Morgan fingerprint density at radius 3 is 2.83 bits per heavy atom. The van der Waals surface area contributed by atoms with Gasteiger partial charge in [0.15, 0.2) is 5.82 Å². The van der Waals surface area contributed by atoms with E-state index in [9.17, 15) is 4.79 Å². The number of nitrogens with one attached hydrogen (secondary N) is 2. The summed E-state index contributed by atoms with van der Waals surface area (Å²) in [4.78, 5) is 23.4. The van der Waals surface area contributed by atoms with E-state index in [2.05, 4.69) is 37.2 Å². The number of aromatic nitrogens is 5. The van der Waals surface area contributed by atoms with Crippen LogP contribution in [0.2, 0.25) is 0 Å². The Labute approximate surface area is 143 Å². The summed E-state index contributed by atoms with van der Waals surface area (Å²) in [6, 6.07) is 4.33. The zero-order chi connectivity index (χ0) is 16.4. The predicted octanol–water partition coefficient (Wildman–Crippen LogP) is 2.06. The van der Waals surface area contributed by atoms with Crippen LogP contribution < -0.4 is 5.69 Å². The van der Waals surface area contributed by atoms with Crippen molar-refractivity contribution in [2.75, 3.05) is 13.1 Å². The maximum Gasteiger partial charge on any atom is 0.340 e. The molecule has 0 radical (unpaired) electrons. The summed E-state index contributed by atoms with van der Waals surface area (Å²) in [5, 5.41) is 6.36. The topological polar surface area (TPSA) is 82.6 Å². The molecule has 1 saturated heterocycles. The van der Waals surface area contributed by atoms with Crippen LogP contribution in [-0.2, 0) is 13.1 Å². The Hall–Kier alpha value is -2.19. The van der Waals surface area contributed by atoms with Gasteiger partial charge in [-0.1, -0.05) is 6.42 Å². The SMILES string of the molecule is O=c1[nH]nc(Cn2ccnc2-c2ccc(CN3CCCCC3)s2)[nH]1. The molecule has 3 aromatic rings. The Morgan fingerprint density at radius 1 is 1.17 bits per heavy atom. The molecule has 0 aliphatic carbocycles. The highest BCUT2D eigenvalue weighted by Gasteiger charge is 2.14. The van der Waals surface area contributed by atoms with Crippen molar-refractivity contribution in [2.45, 2.75) is 32.4 Å². The van der Waals surface area contributed by atoms with Crippen LogP contribution in [0, 0.1) is 0 Å².